The van der Waals surface area contributed by atoms with Gasteiger partial charge in [0.2, 0.25) is 0 Å². The first-order valence-electron chi connectivity index (χ1n) is 6.76. The van der Waals surface area contributed by atoms with E-state index in [1.165, 1.54) is 19.1 Å². The van der Waals surface area contributed by atoms with E-state index in [2.05, 4.69) is 20.1 Å². The number of methoxy groups -OCH3 is 2. The molecule has 1 aromatic rings. The zero-order valence-corrected chi connectivity index (χ0v) is 13.0. The van der Waals surface area contributed by atoms with Gasteiger partial charge in [-0.15, -0.1) is 0 Å². The monoisotopic (exact) mass is 319 g/mol. The normalized spacial score (nSPS) is 13.8. The predicted octanol–water partition coefficient (Wildman–Crippen LogP) is 0.988. The topological polar surface area (TPSA) is 97.0 Å². The molecule has 1 aromatic carbocycles. The van der Waals surface area contributed by atoms with Crippen molar-refractivity contribution >= 4 is 29.3 Å². The molecule has 2 rings (SSSR count). The molecule has 8 nitrogen and oxygen atoms in total. The van der Waals surface area contributed by atoms with E-state index in [0.29, 0.717) is 17.9 Å². The van der Waals surface area contributed by atoms with Crippen LogP contribution in [0, 0.1) is 0 Å². The minimum absolute atomic E-state index is 0.0906. The lowest BCUT2D eigenvalue weighted by atomic mass is 10.1. The minimum atomic E-state index is -0.726. The number of fused-ring (bicyclic) bond motifs is 1. The first-order valence-corrected chi connectivity index (χ1v) is 6.76. The molecule has 0 saturated heterocycles. The Hall–Kier alpha value is -3.03. The van der Waals surface area contributed by atoms with Crippen molar-refractivity contribution in [1.82, 2.24) is 5.32 Å². The Morgan fingerprint density at radius 2 is 2.04 bits per heavy atom. The quantitative estimate of drug-likeness (QED) is 0.634. The third-order valence-electron chi connectivity index (χ3n) is 3.33. The van der Waals surface area contributed by atoms with Gasteiger partial charge in [-0.2, -0.15) is 0 Å². The van der Waals surface area contributed by atoms with Gasteiger partial charge < -0.3 is 20.1 Å². The molecule has 1 heterocycles. The molecule has 2 N–H and O–H groups in total. The maximum absolute atomic E-state index is 11.8. The predicted molar refractivity (Wildman–Crippen MR) is 82.8 cm³/mol. The lowest BCUT2D eigenvalue weighted by Crippen LogP contribution is -2.42. The zero-order chi connectivity index (χ0) is 17.0. The summed E-state index contributed by atoms with van der Waals surface area (Å²) in [6.45, 7) is 0.377. The first-order chi connectivity index (χ1) is 11.0. The Kier molecular flexibility index (Phi) is 4.85. The number of hydrogen-bond acceptors (Lipinski definition) is 6. The largest absolute Gasteiger partial charge is 0.466 e. The lowest BCUT2D eigenvalue weighted by molar-refractivity contribution is -0.138. The average molecular weight is 319 g/mol. The Bertz CT molecular complexity index is 684. The number of para-hydroxylation sites is 1. The summed E-state index contributed by atoms with van der Waals surface area (Å²) in [4.78, 5) is 36.5. The summed E-state index contributed by atoms with van der Waals surface area (Å²) in [6, 6.07) is 5.07. The van der Waals surface area contributed by atoms with E-state index in [-0.39, 0.29) is 11.7 Å². The van der Waals surface area contributed by atoms with Crippen molar-refractivity contribution in [3.63, 3.8) is 0 Å². The molecular weight excluding hydrogens is 302 g/mol. The highest BCUT2D eigenvalue weighted by Crippen LogP contribution is 2.32. The van der Waals surface area contributed by atoms with Crippen molar-refractivity contribution in [3.05, 3.63) is 35.5 Å². The van der Waals surface area contributed by atoms with Crippen LogP contribution in [0.15, 0.2) is 30.0 Å². The number of rotatable bonds is 4. The molecule has 0 bridgehead atoms. The van der Waals surface area contributed by atoms with Gasteiger partial charge in [-0.25, -0.2) is 14.4 Å². The molecule has 0 aromatic heterocycles. The maximum Gasteiger partial charge on any atom is 0.354 e. The molecule has 0 radical (unpaired) electrons. The van der Waals surface area contributed by atoms with Crippen LogP contribution in [-0.4, -0.2) is 39.2 Å². The van der Waals surface area contributed by atoms with Crippen molar-refractivity contribution in [1.29, 1.82) is 0 Å². The van der Waals surface area contributed by atoms with E-state index in [1.807, 2.05) is 6.07 Å². The lowest BCUT2D eigenvalue weighted by Gasteiger charge is -2.29. The molecule has 122 valence electrons. The number of benzene rings is 1. The third-order valence-corrected chi connectivity index (χ3v) is 3.33. The maximum atomic E-state index is 11.8. The molecule has 0 fully saturated rings. The van der Waals surface area contributed by atoms with Crippen LogP contribution in [0.5, 0.6) is 0 Å². The molecule has 0 atom stereocenters. The van der Waals surface area contributed by atoms with Crippen molar-refractivity contribution in [2.45, 2.75) is 6.54 Å². The molecule has 0 saturated carbocycles. The van der Waals surface area contributed by atoms with E-state index in [1.54, 1.807) is 19.2 Å². The summed E-state index contributed by atoms with van der Waals surface area (Å²) >= 11 is 0. The minimum Gasteiger partial charge on any atom is -0.466 e. The smallest absolute Gasteiger partial charge is 0.354 e. The number of carbonyl (C=O) groups excluding carboxylic acids is 3. The van der Waals surface area contributed by atoms with Gasteiger partial charge in [-0.05, 0) is 11.6 Å². The summed E-state index contributed by atoms with van der Waals surface area (Å²) in [5, 5.41) is 5.56. The van der Waals surface area contributed by atoms with E-state index in [0.717, 1.165) is 11.6 Å². The van der Waals surface area contributed by atoms with Gasteiger partial charge in [-0.3, -0.25) is 4.90 Å². The van der Waals surface area contributed by atoms with Gasteiger partial charge in [-0.1, -0.05) is 12.1 Å². The number of nitrogens with one attached hydrogen (secondary N) is 2. The van der Waals surface area contributed by atoms with Crippen LogP contribution in [0.3, 0.4) is 0 Å². The van der Waals surface area contributed by atoms with E-state index < -0.39 is 11.9 Å². The molecule has 8 heteroatoms. The number of hydrogen-bond donors (Lipinski definition) is 2. The SMILES string of the molecule is COC(=O)/C=C(/Nc1cccc2c1N(C)C(=O)NC2)C(=O)OC. The molecule has 0 spiro atoms. The highest BCUT2D eigenvalue weighted by molar-refractivity contribution is 6.02. The van der Waals surface area contributed by atoms with E-state index >= 15 is 0 Å². The highest BCUT2D eigenvalue weighted by Gasteiger charge is 2.24. The van der Waals surface area contributed by atoms with Gasteiger partial charge >= 0.3 is 18.0 Å². The third kappa shape index (κ3) is 3.42. The highest BCUT2D eigenvalue weighted by atomic mass is 16.5. The Labute approximate surface area is 133 Å². The van der Waals surface area contributed by atoms with E-state index in [9.17, 15) is 14.4 Å². The fourth-order valence-electron chi connectivity index (χ4n) is 2.20. The summed E-state index contributed by atoms with van der Waals surface area (Å²) in [6.07, 6.45) is 0.994. The summed E-state index contributed by atoms with van der Waals surface area (Å²) < 4.78 is 9.18. The molecule has 2 amide bonds. The fraction of sp³-hybridized carbons (Fsp3) is 0.267. The number of carbonyl (C=O) groups is 3. The van der Waals surface area contributed by atoms with Gasteiger partial charge in [0, 0.05) is 13.6 Å². The number of ether oxygens (including phenoxy) is 2. The van der Waals surface area contributed by atoms with Crippen molar-refractivity contribution in [2.75, 3.05) is 31.5 Å². The van der Waals surface area contributed by atoms with Crippen LogP contribution in [0.4, 0.5) is 16.2 Å². The second kappa shape index (κ2) is 6.82. The van der Waals surface area contributed by atoms with Crippen LogP contribution in [0.2, 0.25) is 0 Å². The Balaban J connectivity index is 2.42. The summed E-state index contributed by atoms with van der Waals surface area (Å²) in [7, 11) is 4.02. The summed E-state index contributed by atoms with van der Waals surface area (Å²) in [5.41, 5.74) is 1.91. The molecule has 1 aliphatic heterocycles. The molecule has 1 aliphatic rings. The standard InChI is InChI=1S/C15H17N3O5/c1-18-13-9(8-16-15(18)21)5-4-6-10(13)17-11(14(20)23-3)7-12(19)22-2/h4-7,17H,8H2,1-3H3,(H,16,21)/b11-7+. The number of nitrogens with zero attached hydrogens (tertiary/aromatic N) is 1. The van der Waals surface area contributed by atoms with Gasteiger partial charge in [0.1, 0.15) is 5.70 Å². The van der Waals surface area contributed by atoms with Crippen LogP contribution in [0.25, 0.3) is 0 Å². The molecule has 0 unspecified atom stereocenters. The van der Waals surface area contributed by atoms with Gasteiger partial charge in [0.05, 0.1) is 31.7 Å². The fourth-order valence-corrected chi connectivity index (χ4v) is 2.20. The Morgan fingerprint density at radius 3 is 2.70 bits per heavy atom. The molecule has 0 aliphatic carbocycles. The van der Waals surface area contributed by atoms with Gasteiger partial charge in [0.25, 0.3) is 0 Å². The second-order valence-electron chi connectivity index (χ2n) is 4.73. The Morgan fingerprint density at radius 1 is 1.30 bits per heavy atom. The average Bonchev–Trinajstić information content (AvgIpc) is 2.56. The van der Waals surface area contributed by atoms with Crippen molar-refractivity contribution < 1.29 is 23.9 Å². The number of anilines is 2. The van der Waals surface area contributed by atoms with E-state index in [4.69, 9.17) is 0 Å². The molecule has 23 heavy (non-hydrogen) atoms. The van der Waals surface area contributed by atoms with Crippen molar-refractivity contribution in [2.24, 2.45) is 0 Å². The van der Waals surface area contributed by atoms with Gasteiger partial charge in [0.15, 0.2) is 0 Å². The second-order valence-corrected chi connectivity index (χ2v) is 4.73. The van der Waals surface area contributed by atoms with Crippen LogP contribution in [0.1, 0.15) is 5.56 Å². The van der Waals surface area contributed by atoms with Crippen LogP contribution in [-0.2, 0) is 25.6 Å². The first kappa shape index (κ1) is 16.3. The van der Waals surface area contributed by atoms with Crippen LogP contribution < -0.4 is 15.5 Å². The number of amides is 2. The number of esters is 2. The zero-order valence-electron chi connectivity index (χ0n) is 13.0. The van der Waals surface area contributed by atoms with Crippen molar-refractivity contribution in [3.8, 4) is 0 Å². The summed E-state index contributed by atoms with van der Waals surface area (Å²) in [5.74, 6) is -1.43. The number of urea groups is 1. The van der Waals surface area contributed by atoms with Crippen LogP contribution >= 0.6 is 0 Å². The molecular formula is C15H17N3O5.